The van der Waals surface area contributed by atoms with Crippen LogP contribution in [-0.4, -0.2) is 53.4 Å². The molecule has 3 aliphatic rings. The van der Waals surface area contributed by atoms with Crippen LogP contribution in [0.3, 0.4) is 0 Å². The van der Waals surface area contributed by atoms with E-state index in [0.29, 0.717) is 24.8 Å². The van der Waals surface area contributed by atoms with E-state index in [1.165, 1.54) is 0 Å². The Hall–Kier alpha value is -2.00. The first kappa shape index (κ1) is 21.8. The molecule has 2 saturated heterocycles. The first-order valence-corrected chi connectivity index (χ1v) is 11.5. The maximum absolute atomic E-state index is 6.18. The molecule has 8 heteroatoms. The molecular weight excluding hydrogens is 407 g/mol. The number of aromatic nitrogens is 2. The van der Waals surface area contributed by atoms with E-state index in [-0.39, 0.29) is 23.1 Å². The average molecular weight is 438 g/mol. The lowest BCUT2D eigenvalue weighted by Crippen LogP contribution is -2.41. The van der Waals surface area contributed by atoms with E-state index < -0.39 is 7.12 Å². The fraction of sp³-hybridized carbons (Fsp3) is 0.583. The van der Waals surface area contributed by atoms with E-state index in [9.17, 15) is 0 Å². The van der Waals surface area contributed by atoms with Crippen molar-refractivity contribution in [2.45, 2.75) is 76.5 Å². The van der Waals surface area contributed by atoms with Crippen LogP contribution < -0.4 is 10.2 Å². The summed E-state index contributed by atoms with van der Waals surface area (Å²) in [5.74, 6) is 0.957. The van der Waals surface area contributed by atoms with Crippen molar-refractivity contribution >= 4 is 12.6 Å². The highest BCUT2D eigenvalue weighted by atomic mass is 16.7. The summed E-state index contributed by atoms with van der Waals surface area (Å²) >= 11 is 0. The van der Waals surface area contributed by atoms with Crippen molar-refractivity contribution in [2.75, 3.05) is 13.2 Å². The first-order valence-electron chi connectivity index (χ1n) is 11.5. The molecule has 2 aromatic rings. The standard InChI is InChI=1S/C24H31BN2O5/c1-22(2)23(3,4)32-25(31-22)18-7-5-6-17(14-18)21-26-15-20(16-27-21)30-19-8-10-24(11-9-19)28-12-13-29-24/h5-7,14-16,19H,8-13H2,1-4H3. The third-order valence-corrected chi connectivity index (χ3v) is 7.11. The van der Waals surface area contributed by atoms with E-state index >= 15 is 0 Å². The Bertz CT molecular complexity index is 933. The van der Waals surface area contributed by atoms with Crippen molar-refractivity contribution in [3.8, 4) is 17.1 Å². The van der Waals surface area contributed by atoms with Gasteiger partial charge in [0.15, 0.2) is 17.4 Å². The molecular formula is C24H31BN2O5. The van der Waals surface area contributed by atoms with Crippen LogP contribution in [0.1, 0.15) is 53.4 Å². The van der Waals surface area contributed by atoms with E-state index in [4.69, 9.17) is 23.5 Å². The Kier molecular flexibility index (Phi) is 5.52. The molecule has 0 N–H and O–H groups in total. The van der Waals surface area contributed by atoms with Gasteiger partial charge in [-0.15, -0.1) is 0 Å². The van der Waals surface area contributed by atoms with Crippen molar-refractivity contribution in [1.29, 1.82) is 0 Å². The van der Waals surface area contributed by atoms with Crippen molar-refractivity contribution in [1.82, 2.24) is 9.97 Å². The maximum atomic E-state index is 6.18. The molecule has 170 valence electrons. The van der Waals surface area contributed by atoms with Crippen LogP contribution in [0.4, 0.5) is 0 Å². The Labute approximate surface area is 189 Å². The molecule has 5 rings (SSSR count). The SMILES string of the molecule is CC1(C)OB(c2cccc(-c3ncc(OC4CCC5(CC4)OCCO5)cn3)c2)OC1(C)C. The Morgan fingerprint density at radius 3 is 2.19 bits per heavy atom. The monoisotopic (exact) mass is 438 g/mol. The lowest BCUT2D eigenvalue weighted by molar-refractivity contribution is -0.186. The molecule has 2 aliphatic heterocycles. The zero-order valence-corrected chi connectivity index (χ0v) is 19.3. The molecule has 3 heterocycles. The predicted molar refractivity (Wildman–Crippen MR) is 121 cm³/mol. The van der Waals surface area contributed by atoms with Crippen molar-refractivity contribution in [3.63, 3.8) is 0 Å². The summed E-state index contributed by atoms with van der Waals surface area (Å²) in [6.07, 6.45) is 7.16. The summed E-state index contributed by atoms with van der Waals surface area (Å²) < 4.78 is 30.1. The van der Waals surface area contributed by atoms with Gasteiger partial charge >= 0.3 is 7.12 Å². The molecule has 1 saturated carbocycles. The highest BCUT2D eigenvalue weighted by Crippen LogP contribution is 2.38. The van der Waals surface area contributed by atoms with Gasteiger partial charge in [-0.3, -0.25) is 0 Å². The van der Waals surface area contributed by atoms with Gasteiger partial charge in [0, 0.05) is 18.4 Å². The number of rotatable bonds is 4. The Morgan fingerprint density at radius 1 is 0.938 bits per heavy atom. The molecule has 0 atom stereocenters. The third-order valence-electron chi connectivity index (χ3n) is 7.11. The number of hydrogen-bond donors (Lipinski definition) is 0. The normalized spacial score (nSPS) is 24.2. The summed E-state index contributed by atoms with van der Waals surface area (Å²) in [6.45, 7) is 9.60. The van der Waals surface area contributed by atoms with Gasteiger partial charge in [0.05, 0.1) is 42.9 Å². The quantitative estimate of drug-likeness (QED) is 0.677. The molecule has 0 unspecified atom stereocenters. The van der Waals surface area contributed by atoms with E-state index in [1.807, 2.05) is 24.3 Å². The lowest BCUT2D eigenvalue weighted by atomic mass is 9.78. The van der Waals surface area contributed by atoms with Crippen LogP contribution in [0.25, 0.3) is 11.4 Å². The second-order valence-corrected chi connectivity index (χ2v) is 9.88. The van der Waals surface area contributed by atoms with Crippen LogP contribution >= 0.6 is 0 Å². The van der Waals surface area contributed by atoms with E-state index in [2.05, 4.69) is 37.7 Å². The fourth-order valence-electron chi connectivity index (χ4n) is 4.46. The highest BCUT2D eigenvalue weighted by Gasteiger charge is 2.51. The van der Waals surface area contributed by atoms with Gasteiger partial charge in [-0.25, -0.2) is 9.97 Å². The maximum Gasteiger partial charge on any atom is 0.494 e. The summed E-state index contributed by atoms with van der Waals surface area (Å²) in [5, 5.41) is 0. The molecule has 1 aliphatic carbocycles. The minimum Gasteiger partial charge on any atom is -0.487 e. The molecule has 7 nitrogen and oxygen atoms in total. The zero-order chi connectivity index (χ0) is 22.4. The van der Waals surface area contributed by atoms with Gasteiger partial charge in [-0.1, -0.05) is 24.3 Å². The van der Waals surface area contributed by atoms with Gasteiger partial charge in [0.25, 0.3) is 0 Å². The summed E-state index contributed by atoms with van der Waals surface area (Å²) in [7, 11) is -0.412. The zero-order valence-electron chi connectivity index (χ0n) is 19.3. The van der Waals surface area contributed by atoms with Crippen LogP contribution in [0.5, 0.6) is 5.75 Å². The second kappa shape index (κ2) is 8.10. The van der Waals surface area contributed by atoms with Crippen molar-refractivity contribution < 1.29 is 23.5 Å². The van der Waals surface area contributed by atoms with Crippen LogP contribution in [0.15, 0.2) is 36.7 Å². The van der Waals surface area contributed by atoms with E-state index in [1.54, 1.807) is 12.4 Å². The predicted octanol–water partition coefficient (Wildman–Crippen LogP) is 3.51. The van der Waals surface area contributed by atoms with Crippen LogP contribution in [0.2, 0.25) is 0 Å². The topological polar surface area (TPSA) is 71.9 Å². The van der Waals surface area contributed by atoms with Gasteiger partial charge in [-0.2, -0.15) is 0 Å². The molecule has 32 heavy (non-hydrogen) atoms. The van der Waals surface area contributed by atoms with Gasteiger partial charge in [0.2, 0.25) is 0 Å². The van der Waals surface area contributed by atoms with Gasteiger partial charge in [-0.05, 0) is 46.0 Å². The molecule has 0 bridgehead atoms. The van der Waals surface area contributed by atoms with Gasteiger partial charge < -0.3 is 23.5 Å². The third kappa shape index (κ3) is 4.17. The number of ether oxygens (including phenoxy) is 3. The van der Waals surface area contributed by atoms with Crippen molar-refractivity contribution in [3.05, 3.63) is 36.7 Å². The summed E-state index contributed by atoms with van der Waals surface area (Å²) in [5.41, 5.74) is 1.12. The number of hydrogen-bond acceptors (Lipinski definition) is 7. The molecule has 0 amide bonds. The lowest BCUT2D eigenvalue weighted by Gasteiger charge is -2.35. The molecule has 1 aromatic carbocycles. The highest BCUT2D eigenvalue weighted by molar-refractivity contribution is 6.62. The molecule has 3 fully saturated rings. The minimum atomic E-state index is -0.412. The van der Waals surface area contributed by atoms with Gasteiger partial charge in [0.1, 0.15) is 0 Å². The number of benzene rings is 1. The summed E-state index contributed by atoms with van der Waals surface area (Å²) in [4.78, 5) is 9.09. The minimum absolute atomic E-state index is 0.134. The smallest absolute Gasteiger partial charge is 0.487 e. The van der Waals surface area contributed by atoms with Crippen molar-refractivity contribution in [2.24, 2.45) is 0 Å². The van der Waals surface area contributed by atoms with Crippen LogP contribution in [0, 0.1) is 0 Å². The van der Waals surface area contributed by atoms with Crippen LogP contribution in [-0.2, 0) is 18.8 Å². The molecule has 0 radical (unpaired) electrons. The first-order chi connectivity index (χ1) is 15.3. The molecule has 1 aromatic heterocycles. The largest absolute Gasteiger partial charge is 0.494 e. The fourth-order valence-corrected chi connectivity index (χ4v) is 4.46. The average Bonchev–Trinajstić information content (AvgIpc) is 3.32. The summed E-state index contributed by atoms with van der Waals surface area (Å²) in [6, 6.07) is 8.01. The molecule has 1 spiro atoms. The number of nitrogens with zero attached hydrogens (tertiary/aromatic N) is 2. The Morgan fingerprint density at radius 2 is 1.56 bits per heavy atom. The Balaban J connectivity index is 1.23. The van der Waals surface area contributed by atoms with E-state index in [0.717, 1.165) is 36.7 Å². The second-order valence-electron chi connectivity index (χ2n) is 9.88.